The van der Waals surface area contributed by atoms with E-state index < -0.39 is 10.2 Å². The number of nitrogens with zero attached hydrogens (tertiary/aromatic N) is 4. The molecule has 8 nitrogen and oxygen atoms in total. The van der Waals surface area contributed by atoms with Crippen LogP contribution in [0.1, 0.15) is 12.7 Å². The van der Waals surface area contributed by atoms with Crippen LogP contribution in [0, 0.1) is 0 Å². The van der Waals surface area contributed by atoms with Crippen molar-refractivity contribution in [2.45, 2.75) is 13.5 Å². The van der Waals surface area contributed by atoms with Crippen molar-refractivity contribution in [3.63, 3.8) is 0 Å². The normalized spacial score (nSPS) is 12.1. The lowest BCUT2D eigenvalue weighted by molar-refractivity contribution is 0.472. The molecule has 2 N–H and O–H groups in total. The van der Waals surface area contributed by atoms with Crippen molar-refractivity contribution < 1.29 is 8.42 Å². The van der Waals surface area contributed by atoms with Crippen LogP contribution in [0.4, 0.5) is 5.95 Å². The van der Waals surface area contributed by atoms with Crippen molar-refractivity contribution in [2.75, 3.05) is 32.6 Å². The van der Waals surface area contributed by atoms with Gasteiger partial charge in [-0.15, -0.1) is 5.10 Å². The van der Waals surface area contributed by atoms with Crippen molar-refractivity contribution in [2.24, 2.45) is 0 Å². The summed E-state index contributed by atoms with van der Waals surface area (Å²) in [6.07, 6.45) is 0. The molecule has 0 saturated carbocycles. The summed E-state index contributed by atoms with van der Waals surface area (Å²) in [5.74, 6) is 0.991. The third-order valence-electron chi connectivity index (χ3n) is 2.20. The second-order valence-electron chi connectivity index (χ2n) is 3.72. The van der Waals surface area contributed by atoms with Gasteiger partial charge in [-0.25, -0.2) is 0 Å². The molecule has 0 atom stereocenters. The molecular weight excluding hydrogens is 244 g/mol. The zero-order valence-electron chi connectivity index (χ0n) is 10.4. The third kappa shape index (κ3) is 3.65. The lowest BCUT2D eigenvalue weighted by atomic mass is 10.6. The summed E-state index contributed by atoms with van der Waals surface area (Å²) in [6, 6.07) is 0. The number of hydrogen-bond acceptors (Lipinski definition) is 5. The van der Waals surface area contributed by atoms with Crippen LogP contribution in [-0.4, -0.2) is 55.6 Å². The minimum atomic E-state index is -3.44. The lowest BCUT2D eigenvalue weighted by Crippen LogP contribution is -2.37. The summed E-state index contributed by atoms with van der Waals surface area (Å²) >= 11 is 0. The molecule has 0 aliphatic carbocycles. The molecule has 9 heteroatoms. The predicted octanol–water partition coefficient (Wildman–Crippen LogP) is -0.843. The maximum Gasteiger partial charge on any atom is 0.279 e. The van der Waals surface area contributed by atoms with Gasteiger partial charge < -0.3 is 4.90 Å². The second kappa shape index (κ2) is 5.43. The maximum absolute atomic E-state index is 11.6. The second-order valence-corrected chi connectivity index (χ2v) is 5.58. The van der Waals surface area contributed by atoms with Gasteiger partial charge in [0, 0.05) is 27.7 Å². The largest absolute Gasteiger partial charge is 0.346 e. The molecule has 0 aliphatic rings. The van der Waals surface area contributed by atoms with Crippen LogP contribution in [-0.2, 0) is 16.8 Å². The van der Waals surface area contributed by atoms with Crippen LogP contribution in [0.2, 0.25) is 0 Å². The molecule has 0 aliphatic heterocycles. The minimum absolute atomic E-state index is 0.0908. The predicted molar refractivity (Wildman–Crippen MR) is 64.8 cm³/mol. The Bertz CT molecular complexity index is 454. The summed E-state index contributed by atoms with van der Waals surface area (Å²) in [6.45, 7) is 2.26. The lowest BCUT2D eigenvalue weighted by Gasteiger charge is -2.14. The highest BCUT2D eigenvalue weighted by molar-refractivity contribution is 7.87. The third-order valence-corrected chi connectivity index (χ3v) is 3.79. The van der Waals surface area contributed by atoms with E-state index in [9.17, 15) is 8.42 Å². The van der Waals surface area contributed by atoms with Gasteiger partial charge in [0.05, 0.1) is 6.54 Å². The summed E-state index contributed by atoms with van der Waals surface area (Å²) in [5, 5.41) is 6.59. The Kier molecular flexibility index (Phi) is 4.43. The number of aromatic amines is 1. The summed E-state index contributed by atoms with van der Waals surface area (Å²) in [7, 11) is 1.69. The van der Waals surface area contributed by atoms with E-state index in [0.29, 0.717) is 18.3 Å². The highest BCUT2D eigenvalue weighted by atomic mass is 32.2. The molecule has 1 rings (SSSR count). The molecule has 1 aromatic rings. The summed E-state index contributed by atoms with van der Waals surface area (Å²) in [5.41, 5.74) is 0. The van der Waals surface area contributed by atoms with Gasteiger partial charge in [0.2, 0.25) is 5.95 Å². The molecule has 0 radical (unpaired) electrons. The van der Waals surface area contributed by atoms with Gasteiger partial charge in [-0.2, -0.15) is 22.4 Å². The van der Waals surface area contributed by atoms with Crippen LogP contribution in [0.15, 0.2) is 0 Å². The molecule has 0 amide bonds. The van der Waals surface area contributed by atoms with E-state index >= 15 is 0 Å². The molecule has 17 heavy (non-hydrogen) atoms. The molecule has 1 aromatic heterocycles. The Morgan fingerprint density at radius 1 is 1.35 bits per heavy atom. The monoisotopic (exact) mass is 262 g/mol. The average Bonchev–Trinajstić information content (AvgIpc) is 2.74. The first-order valence-electron chi connectivity index (χ1n) is 5.16. The first kappa shape index (κ1) is 13.9. The van der Waals surface area contributed by atoms with Gasteiger partial charge in [-0.05, 0) is 0 Å². The van der Waals surface area contributed by atoms with Crippen molar-refractivity contribution in [3.05, 3.63) is 5.82 Å². The van der Waals surface area contributed by atoms with E-state index in [-0.39, 0.29) is 6.54 Å². The molecule has 0 saturated heterocycles. The Morgan fingerprint density at radius 2 is 2.00 bits per heavy atom. The Morgan fingerprint density at radius 3 is 2.47 bits per heavy atom. The fraction of sp³-hybridized carbons (Fsp3) is 0.750. The molecule has 1 heterocycles. The Labute approximate surface area is 101 Å². The average molecular weight is 262 g/mol. The van der Waals surface area contributed by atoms with Crippen LogP contribution in [0.25, 0.3) is 0 Å². The zero-order valence-corrected chi connectivity index (χ0v) is 11.2. The number of anilines is 1. The SMILES string of the molecule is CCN(C)S(=O)(=O)NCc1nc(N(C)C)n[nH]1. The quantitative estimate of drug-likeness (QED) is 0.697. The smallest absolute Gasteiger partial charge is 0.279 e. The van der Waals surface area contributed by atoms with E-state index in [1.807, 2.05) is 14.1 Å². The van der Waals surface area contributed by atoms with Crippen LogP contribution >= 0.6 is 0 Å². The first-order valence-corrected chi connectivity index (χ1v) is 6.60. The number of aromatic nitrogens is 3. The van der Waals surface area contributed by atoms with Crippen LogP contribution < -0.4 is 9.62 Å². The fourth-order valence-electron chi connectivity index (χ4n) is 1.00. The van der Waals surface area contributed by atoms with Gasteiger partial charge in [-0.3, -0.25) is 5.10 Å². The molecule has 0 aromatic carbocycles. The Hall–Kier alpha value is -1.19. The molecule has 0 bridgehead atoms. The van der Waals surface area contributed by atoms with E-state index in [4.69, 9.17) is 0 Å². The first-order chi connectivity index (χ1) is 7.86. The molecule has 0 spiro atoms. The fourth-order valence-corrected chi connectivity index (χ4v) is 1.88. The minimum Gasteiger partial charge on any atom is -0.346 e. The van der Waals surface area contributed by atoms with Gasteiger partial charge in [-0.1, -0.05) is 6.92 Å². The Balaban J connectivity index is 2.61. The number of hydrogen-bond donors (Lipinski definition) is 2. The van der Waals surface area contributed by atoms with Crippen molar-refractivity contribution in [3.8, 4) is 0 Å². The molecule has 98 valence electrons. The highest BCUT2D eigenvalue weighted by Crippen LogP contribution is 2.02. The summed E-state index contributed by atoms with van der Waals surface area (Å²) in [4.78, 5) is 5.84. The maximum atomic E-state index is 11.6. The standard InChI is InChI=1S/C8H18N6O2S/c1-5-14(4)17(15,16)9-6-7-10-8(12-11-7)13(2)3/h9H,5-6H2,1-4H3,(H,10,11,12). The molecular formula is C8H18N6O2S. The molecule has 0 fully saturated rings. The van der Waals surface area contributed by atoms with E-state index in [1.54, 1.807) is 11.8 Å². The van der Waals surface area contributed by atoms with E-state index in [0.717, 1.165) is 0 Å². The van der Waals surface area contributed by atoms with E-state index in [1.165, 1.54) is 11.4 Å². The number of rotatable bonds is 6. The van der Waals surface area contributed by atoms with Crippen molar-refractivity contribution >= 4 is 16.2 Å². The van der Waals surface area contributed by atoms with Crippen molar-refractivity contribution in [1.82, 2.24) is 24.2 Å². The van der Waals surface area contributed by atoms with Crippen LogP contribution in [0.3, 0.4) is 0 Å². The van der Waals surface area contributed by atoms with E-state index in [2.05, 4.69) is 19.9 Å². The van der Waals surface area contributed by atoms with Crippen LogP contribution in [0.5, 0.6) is 0 Å². The van der Waals surface area contributed by atoms with Gasteiger partial charge in [0.1, 0.15) is 5.82 Å². The highest BCUT2D eigenvalue weighted by Gasteiger charge is 2.16. The summed E-state index contributed by atoms with van der Waals surface area (Å²) < 4.78 is 26.9. The molecule has 0 unspecified atom stereocenters. The van der Waals surface area contributed by atoms with Gasteiger partial charge >= 0.3 is 0 Å². The van der Waals surface area contributed by atoms with Crippen molar-refractivity contribution in [1.29, 1.82) is 0 Å². The number of nitrogens with one attached hydrogen (secondary N) is 2. The zero-order chi connectivity index (χ0) is 13.1. The topological polar surface area (TPSA) is 94.2 Å². The van der Waals surface area contributed by atoms with Gasteiger partial charge in [0.15, 0.2) is 0 Å². The number of H-pyrrole nitrogens is 1. The van der Waals surface area contributed by atoms with Gasteiger partial charge in [0.25, 0.3) is 10.2 Å².